The van der Waals surface area contributed by atoms with Gasteiger partial charge in [-0.05, 0) is 75.6 Å². The summed E-state index contributed by atoms with van der Waals surface area (Å²) in [5.74, 6) is 0.299. The second-order valence-electron chi connectivity index (χ2n) is 8.58. The molecule has 1 saturated carbocycles. The predicted molar refractivity (Wildman–Crippen MR) is 116 cm³/mol. The predicted octanol–water partition coefficient (Wildman–Crippen LogP) is 4.13. The van der Waals surface area contributed by atoms with Crippen molar-refractivity contribution < 1.29 is 19.4 Å². The van der Waals surface area contributed by atoms with Gasteiger partial charge in [0.15, 0.2) is 11.5 Å². The number of hydrogen-bond donors (Lipinski definition) is 3. The highest BCUT2D eigenvalue weighted by Gasteiger charge is 2.32. The van der Waals surface area contributed by atoms with Crippen LogP contribution in [-0.2, 0) is 6.54 Å². The number of carbonyl (C=O) groups excluding carboxylic acids is 2. The van der Waals surface area contributed by atoms with E-state index in [1.807, 2.05) is 20.8 Å². The summed E-state index contributed by atoms with van der Waals surface area (Å²) in [6, 6.07) is 11.9. The Hall–Kier alpha value is -3.22. The summed E-state index contributed by atoms with van der Waals surface area (Å²) in [5, 5.41) is 15.6. The molecule has 0 aliphatic heterocycles. The van der Waals surface area contributed by atoms with E-state index in [0.29, 0.717) is 23.5 Å². The maximum Gasteiger partial charge on any atom is 0.322 e. The summed E-state index contributed by atoms with van der Waals surface area (Å²) in [5.41, 5.74) is 1.73. The molecule has 1 aliphatic rings. The van der Waals surface area contributed by atoms with Crippen molar-refractivity contribution in [2.24, 2.45) is 0 Å². The molecule has 7 heteroatoms. The van der Waals surface area contributed by atoms with Gasteiger partial charge in [0.05, 0.1) is 7.11 Å². The highest BCUT2D eigenvalue weighted by molar-refractivity contribution is 5.96. The lowest BCUT2D eigenvalue weighted by Gasteiger charge is -2.23. The molecule has 160 valence electrons. The van der Waals surface area contributed by atoms with Crippen LogP contribution in [0.25, 0.3) is 0 Å². The second-order valence-corrected chi connectivity index (χ2v) is 8.58. The van der Waals surface area contributed by atoms with Gasteiger partial charge in [-0.3, -0.25) is 4.79 Å². The Morgan fingerprint density at radius 1 is 1.13 bits per heavy atom. The number of amides is 3. The number of hydrogen-bond acceptors (Lipinski definition) is 4. The summed E-state index contributed by atoms with van der Waals surface area (Å²) >= 11 is 0. The van der Waals surface area contributed by atoms with E-state index in [1.54, 1.807) is 47.4 Å². The standard InChI is InChI=1S/C23H29N3O4/c1-23(2,3)25-21(28)16-6-8-17(9-7-16)24-22(29)26(18-10-11-18)14-15-5-12-19(27)20(13-15)30-4/h5-9,12-13,18,27H,10-11,14H2,1-4H3,(H,24,29)(H,25,28). The quantitative estimate of drug-likeness (QED) is 0.667. The average molecular weight is 412 g/mol. The normalized spacial score (nSPS) is 13.5. The Morgan fingerprint density at radius 3 is 2.37 bits per heavy atom. The van der Waals surface area contributed by atoms with Crippen LogP contribution in [0, 0.1) is 0 Å². The van der Waals surface area contributed by atoms with Crippen LogP contribution in [0.1, 0.15) is 49.5 Å². The molecule has 2 aromatic carbocycles. The number of rotatable bonds is 6. The first-order chi connectivity index (χ1) is 14.2. The zero-order chi connectivity index (χ0) is 21.9. The molecule has 3 N–H and O–H groups in total. The first-order valence-electron chi connectivity index (χ1n) is 10.0. The largest absolute Gasteiger partial charge is 0.504 e. The molecule has 0 bridgehead atoms. The van der Waals surface area contributed by atoms with Gasteiger partial charge < -0.3 is 25.4 Å². The smallest absolute Gasteiger partial charge is 0.322 e. The fourth-order valence-corrected chi connectivity index (χ4v) is 3.08. The fourth-order valence-electron chi connectivity index (χ4n) is 3.08. The van der Waals surface area contributed by atoms with Crippen molar-refractivity contribution in [2.45, 2.75) is 51.7 Å². The third-order valence-electron chi connectivity index (χ3n) is 4.73. The number of ether oxygens (including phenoxy) is 1. The fraction of sp³-hybridized carbons (Fsp3) is 0.391. The number of anilines is 1. The van der Waals surface area contributed by atoms with Gasteiger partial charge in [0.1, 0.15) is 0 Å². The van der Waals surface area contributed by atoms with Gasteiger partial charge in [-0.15, -0.1) is 0 Å². The summed E-state index contributed by atoms with van der Waals surface area (Å²) in [7, 11) is 1.50. The van der Waals surface area contributed by atoms with E-state index in [4.69, 9.17) is 4.74 Å². The van der Waals surface area contributed by atoms with Crippen molar-refractivity contribution in [3.05, 3.63) is 53.6 Å². The number of phenolic OH excluding ortho intramolecular Hbond substituents is 1. The van der Waals surface area contributed by atoms with Gasteiger partial charge in [-0.25, -0.2) is 4.79 Å². The molecule has 0 heterocycles. The topological polar surface area (TPSA) is 90.9 Å². The zero-order valence-corrected chi connectivity index (χ0v) is 17.9. The molecule has 3 amide bonds. The Bertz CT molecular complexity index is 915. The van der Waals surface area contributed by atoms with Crippen LogP contribution in [0.3, 0.4) is 0 Å². The van der Waals surface area contributed by atoms with Gasteiger partial charge in [0.25, 0.3) is 5.91 Å². The van der Waals surface area contributed by atoms with E-state index in [9.17, 15) is 14.7 Å². The van der Waals surface area contributed by atoms with Gasteiger partial charge in [-0.1, -0.05) is 6.07 Å². The Morgan fingerprint density at radius 2 is 1.80 bits per heavy atom. The number of carbonyl (C=O) groups is 2. The summed E-state index contributed by atoms with van der Waals surface area (Å²) in [6.45, 7) is 6.19. The molecule has 30 heavy (non-hydrogen) atoms. The average Bonchev–Trinajstić information content (AvgIpc) is 3.51. The lowest BCUT2D eigenvalue weighted by Crippen LogP contribution is -2.40. The molecule has 1 aliphatic carbocycles. The number of nitrogens with zero attached hydrogens (tertiary/aromatic N) is 1. The van der Waals surface area contributed by atoms with Crippen molar-refractivity contribution >= 4 is 17.6 Å². The van der Waals surface area contributed by atoms with Gasteiger partial charge >= 0.3 is 6.03 Å². The van der Waals surface area contributed by atoms with Crippen LogP contribution >= 0.6 is 0 Å². The second kappa shape index (κ2) is 8.65. The van der Waals surface area contributed by atoms with Crippen LogP contribution in [0.5, 0.6) is 11.5 Å². The minimum Gasteiger partial charge on any atom is -0.504 e. The molecule has 7 nitrogen and oxygen atoms in total. The zero-order valence-electron chi connectivity index (χ0n) is 17.9. The maximum atomic E-state index is 12.9. The van der Waals surface area contributed by atoms with Gasteiger partial charge in [0, 0.05) is 29.4 Å². The molecule has 0 radical (unpaired) electrons. The summed E-state index contributed by atoms with van der Waals surface area (Å²) in [4.78, 5) is 26.9. The first-order valence-corrected chi connectivity index (χ1v) is 10.0. The number of nitrogens with one attached hydrogen (secondary N) is 2. The van der Waals surface area contributed by atoms with E-state index in [-0.39, 0.29) is 29.3 Å². The third kappa shape index (κ3) is 5.65. The number of methoxy groups -OCH3 is 1. The number of urea groups is 1. The van der Waals surface area contributed by atoms with Crippen LogP contribution < -0.4 is 15.4 Å². The van der Waals surface area contributed by atoms with Gasteiger partial charge in [-0.2, -0.15) is 0 Å². The van der Waals surface area contributed by atoms with Crippen LogP contribution in [0.15, 0.2) is 42.5 Å². The molecule has 0 atom stereocenters. The number of benzene rings is 2. The molecule has 0 spiro atoms. The van der Waals surface area contributed by atoms with Gasteiger partial charge in [0.2, 0.25) is 0 Å². The van der Waals surface area contributed by atoms with E-state index in [1.165, 1.54) is 7.11 Å². The Labute approximate surface area is 177 Å². The highest BCUT2D eigenvalue weighted by atomic mass is 16.5. The summed E-state index contributed by atoms with van der Waals surface area (Å²) in [6.07, 6.45) is 1.93. The summed E-state index contributed by atoms with van der Waals surface area (Å²) < 4.78 is 5.16. The molecular weight excluding hydrogens is 382 g/mol. The third-order valence-corrected chi connectivity index (χ3v) is 4.73. The lowest BCUT2D eigenvalue weighted by atomic mass is 10.1. The van der Waals surface area contributed by atoms with Crippen LogP contribution in [-0.4, -0.2) is 40.6 Å². The van der Waals surface area contributed by atoms with E-state index in [0.717, 1.165) is 18.4 Å². The van der Waals surface area contributed by atoms with E-state index < -0.39 is 0 Å². The van der Waals surface area contributed by atoms with Crippen LogP contribution in [0.2, 0.25) is 0 Å². The lowest BCUT2D eigenvalue weighted by molar-refractivity contribution is 0.0919. The SMILES string of the molecule is COc1cc(CN(C(=O)Nc2ccc(C(=O)NC(C)(C)C)cc2)C2CC2)ccc1O. The van der Waals surface area contributed by atoms with Crippen molar-refractivity contribution in [2.75, 3.05) is 12.4 Å². The minimum atomic E-state index is -0.314. The number of aromatic hydroxyl groups is 1. The maximum absolute atomic E-state index is 12.9. The van der Waals surface area contributed by atoms with Crippen molar-refractivity contribution in [3.8, 4) is 11.5 Å². The first kappa shape index (κ1) is 21.5. The molecule has 0 unspecified atom stereocenters. The molecular formula is C23H29N3O4. The number of phenols is 1. The molecule has 0 aromatic heterocycles. The molecule has 0 saturated heterocycles. The minimum absolute atomic E-state index is 0.0688. The molecule has 3 rings (SSSR count). The Kier molecular flexibility index (Phi) is 6.20. The van der Waals surface area contributed by atoms with Crippen molar-refractivity contribution in [3.63, 3.8) is 0 Å². The van der Waals surface area contributed by atoms with E-state index >= 15 is 0 Å². The van der Waals surface area contributed by atoms with Crippen molar-refractivity contribution in [1.29, 1.82) is 0 Å². The monoisotopic (exact) mass is 411 g/mol. The van der Waals surface area contributed by atoms with E-state index in [2.05, 4.69) is 10.6 Å². The van der Waals surface area contributed by atoms with Crippen LogP contribution in [0.4, 0.5) is 10.5 Å². The van der Waals surface area contributed by atoms with Crippen molar-refractivity contribution in [1.82, 2.24) is 10.2 Å². The molecule has 2 aromatic rings. The Balaban J connectivity index is 1.66. The highest BCUT2D eigenvalue weighted by Crippen LogP contribution is 2.31. The molecule has 1 fully saturated rings.